The van der Waals surface area contributed by atoms with Crippen LogP contribution < -0.4 is 5.32 Å². The fourth-order valence-electron chi connectivity index (χ4n) is 3.76. The standard InChI is InChI=1S/C22H27N7O2.C2HF3O2/c1-26(2)22(31)28-12-11-27(3)18(15-28)20-25-24-19-10-9-17(14-29(19)20)21(30)23-13-16-7-5-4-6-8-16;3-2(4,5)1(6)7/h4-10,14,18H,11-13,15H2,1-3H3,(H,23,30);(H,6,7). The van der Waals surface area contributed by atoms with E-state index in [0.717, 1.165) is 12.1 Å². The van der Waals surface area contributed by atoms with Crippen LogP contribution in [-0.4, -0.2) is 99.3 Å². The van der Waals surface area contributed by atoms with Gasteiger partial charge in [0.2, 0.25) is 0 Å². The van der Waals surface area contributed by atoms with E-state index in [4.69, 9.17) is 9.90 Å². The molecule has 1 aromatic carbocycles. The first-order valence-electron chi connectivity index (χ1n) is 11.5. The number of carbonyl (C=O) groups excluding carboxylic acids is 2. The van der Waals surface area contributed by atoms with Crippen molar-refractivity contribution in [3.8, 4) is 0 Å². The van der Waals surface area contributed by atoms with Crippen LogP contribution in [0.4, 0.5) is 18.0 Å². The molecule has 14 heteroatoms. The molecule has 1 unspecified atom stereocenters. The van der Waals surface area contributed by atoms with Gasteiger partial charge in [0.25, 0.3) is 5.91 Å². The van der Waals surface area contributed by atoms with Gasteiger partial charge in [0.1, 0.15) is 0 Å². The summed E-state index contributed by atoms with van der Waals surface area (Å²) in [5.41, 5.74) is 2.24. The van der Waals surface area contributed by atoms with Crippen molar-refractivity contribution in [3.05, 3.63) is 65.6 Å². The van der Waals surface area contributed by atoms with Gasteiger partial charge in [0.05, 0.1) is 11.6 Å². The van der Waals surface area contributed by atoms with Gasteiger partial charge in [-0.2, -0.15) is 13.2 Å². The van der Waals surface area contributed by atoms with Crippen molar-refractivity contribution < 1.29 is 32.7 Å². The van der Waals surface area contributed by atoms with Gasteiger partial charge in [-0.3, -0.25) is 14.1 Å². The van der Waals surface area contributed by atoms with Crippen LogP contribution in [0.15, 0.2) is 48.7 Å². The summed E-state index contributed by atoms with van der Waals surface area (Å²) < 4.78 is 33.6. The number of fused-ring (bicyclic) bond motifs is 1. The van der Waals surface area contributed by atoms with E-state index in [1.165, 1.54) is 0 Å². The maximum Gasteiger partial charge on any atom is 0.490 e. The van der Waals surface area contributed by atoms with Crippen molar-refractivity contribution in [1.82, 2.24) is 34.6 Å². The molecule has 0 spiro atoms. The lowest BCUT2D eigenvalue weighted by molar-refractivity contribution is -0.192. The Bertz CT molecular complexity index is 1280. The van der Waals surface area contributed by atoms with Crippen molar-refractivity contribution in [2.75, 3.05) is 40.8 Å². The number of aliphatic carboxylic acids is 1. The number of urea groups is 1. The van der Waals surface area contributed by atoms with Gasteiger partial charge in [-0.05, 0) is 24.7 Å². The summed E-state index contributed by atoms with van der Waals surface area (Å²) in [6.45, 7) is 2.36. The summed E-state index contributed by atoms with van der Waals surface area (Å²) in [6, 6.07) is 13.2. The van der Waals surface area contributed by atoms with Crippen molar-refractivity contribution in [1.29, 1.82) is 0 Å². The first kappa shape index (κ1) is 28.4. The molecule has 38 heavy (non-hydrogen) atoms. The van der Waals surface area contributed by atoms with Gasteiger partial charge in [0.15, 0.2) is 11.5 Å². The van der Waals surface area contributed by atoms with Crippen molar-refractivity contribution >= 4 is 23.6 Å². The zero-order valence-electron chi connectivity index (χ0n) is 21.0. The van der Waals surface area contributed by atoms with Gasteiger partial charge < -0.3 is 20.2 Å². The topological polar surface area (TPSA) is 123 Å². The number of carboxylic acid groups (broad SMARTS) is 1. The molecular formula is C24H28F3N7O4. The molecule has 1 aliphatic rings. The van der Waals surface area contributed by atoms with Crippen molar-refractivity contribution in [2.24, 2.45) is 0 Å². The van der Waals surface area contributed by atoms with Gasteiger partial charge in [-0.25, -0.2) is 9.59 Å². The normalized spacial score (nSPS) is 15.9. The molecule has 3 aromatic rings. The number of rotatable bonds is 4. The summed E-state index contributed by atoms with van der Waals surface area (Å²) in [4.78, 5) is 39.6. The van der Waals surface area contributed by atoms with E-state index in [9.17, 15) is 22.8 Å². The average Bonchev–Trinajstić information content (AvgIpc) is 3.30. The second-order valence-electron chi connectivity index (χ2n) is 8.79. The predicted molar refractivity (Wildman–Crippen MR) is 130 cm³/mol. The third-order valence-corrected chi connectivity index (χ3v) is 5.83. The number of aromatic nitrogens is 3. The fraction of sp³-hybridized carbons (Fsp3) is 0.375. The van der Waals surface area contributed by atoms with Gasteiger partial charge in [-0.1, -0.05) is 30.3 Å². The van der Waals surface area contributed by atoms with E-state index in [-0.39, 0.29) is 18.0 Å². The molecule has 3 amide bonds. The maximum absolute atomic E-state index is 12.7. The van der Waals surface area contributed by atoms with Crippen LogP contribution in [0.3, 0.4) is 0 Å². The third kappa shape index (κ3) is 6.97. The summed E-state index contributed by atoms with van der Waals surface area (Å²) in [7, 11) is 5.52. The number of benzene rings is 1. The minimum atomic E-state index is -5.08. The number of nitrogens with zero attached hydrogens (tertiary/aromatic N) is 6. The number of nitrogens with one attached hydrogen (secondary N) is 1. The SMILES string of the molecule is CN(C)C(=O)N1CCN(C)C(c2nnc3ccc(C(=O)NCc4ccccc4)cn23)C1.O=C(O)C(F)(F)F. The number of alkyl halides is 3. The Balaban J connectivity index is 0.000000505. The lowest BCUT2D eigenvalue weighted by Crippen LogP contribution is -2.52. The fourth-order valence-corrected chi connectivity index (χ4v) is 3.76. The molecule has 0 radical (unpaired) electrons. The number of pyridine rings is 1. The smallest absolute Gasteiger partial charge is 0.475 e. The average molecular weight is 536 g/mol. The van der Waals surface area contributed by atoms with Crippen LogP contribution in [0.1, 0.15) is 27.8 Å². The first-order valence-corrected chi connectivity index (χ1v) is 11.5. The number of halogens is 3. The van der Waals surface area contributed by atoms with Crippen LogP contribution in [0.25, 0.3) is 5.65 Å². The second kappa shape index (κ2) is 11.9. The highest BCUT2D eigenvalue weighted by Gasteiger charge is 2.38. The van der Waals surface area contributed by atoms with E-state index < -0.39 is 12.1 Å². The first-order chi connectivity index (χ1) is 17.9. The highest BCUT2D eigenvalue weighted by Crippen LogP contribution is 2.24. The second-order valence-corrected chi connectivity index (χ2v) is 8.79. The number of hydrogen-bond acceptors (Lipinski definition) is 6. The number of carbonyl (C=O) groups is 3. The van der Waals surface area contributed by atoms with Crippen molar-refractivity contribution in [2.45, 2.75) is 18.8 Å². The number of hydrogen-bond donors (Lipinski definition) is 2. The summed E-state index contributed by atoms with van der Waals surface area (Å²) in [6.07, 6.45) is -3.31. The quantitative estimate of drug-likeness (QED) is 0.525. The number of likely N-dealkylation sites (N-methyl/N-ethyl adjacent to an activating group) is 1. The Labute approximate surface area is 216 Å². The maximum atomic E-state index is 12.7. The summed E-state index contributed by atoms with van der Waals surface area (Å²) in [5.74, 6) is -2.20. The Morgan fingerprint density at radius 2 is 1.74 bits per heavy atom. The van der Waals surface area contributed by atoms with Crippen LogP contribution in [0.2, 0.25) is 0 Å². The molecule has 3 heterocycles. The monoisotopic (exact) mass is 535 g/mol. The van der Waals surface area contributed by atoms with E-state index in [2.05, 4.69) is 20.4 Å². The molecule has 4 rings (SSSR count). The molecule has 1 atom stereocenters. The zero-order valence-corrected chi connectivity index (χ0v) is 21.0. The number of piperazine rings is 1. The highest BCUT2D eigenvalue weighted by atomic mass is 19.4. The minimum absolute atomic E-state index is 0.0205. The molecular weight excluding hydrogens is 507 g/mol. The van der Waals surface area contributed by atoms with E-state index in [1.54, 1.807) is 37.3 Å². The van der Waals surface area contributed by atoms with E-state index in [1.807, 2.05) is 46.7 Å². The molecule has 2 N–H and O–H groups in total. The summed E-state index contributed by atoms with van der Waals surface area (Å²) >= 11 is 0. The van der Waals surface area contributed by atoms with Gasteiger partial charge in [0, 0.05) is 46.5 Å². The van der Waals surface area contributed by atoms with Gasteiger partial charge in [-0.15, -0.1) is 10.2 Å². The zero-order chi connectivity index (χ0) is 28.0. The predicted octanol–water partition coefficient (Wildman–Crippen LogP) is 2.26. The molecule has 11 nitrogen and oxygen atoms in total. The summed E-state index contributed by atoms with van der Waals surface area (Å²) in [5, 5.41) is 18.7. The molecule has 204 valence electrons. The van der Waals surface area contributed by atoms with Crippen molar-refractivity contribution in [3.63, 3.8) is 0 Å². The molecule has 0 aliphatic carbocycles. The van der Waals surface area contributed by atoms with Crippen LogP contribution in [0.5, 0.6) is 0 Å². The molecule has 0 saturated carbocycles. The highest BCUT2D eigenvalue weighted by molar-refractivity contribution is 5.94. The number of carboxylic acids is 1. The third-order valence-electron chi connectivity index (χ3n) is 5.83. The van der Waals surface area contributed by atoms with Crippen LogP contribution in [0, 0.1) is 0 Å². The lowest BCUT2D eigenvalue weighted by Gasteiger charge is -2.39. The molecule has 1 saturated heterocycles. The minimum Gasteiger partial charge on any atom is -0.475 e. The Hall–Kier alpha value is -4.20. The largest absolute Gasteiger partial charge is 0.490 e. The molecule has 1 aliphatic heterocycles. The van der Waals surface area contributed by atoms with Crippen LogP contribution >= 0.6 is 0 Å². The Kier molecular flexibility index (Phi) is 8.88. The molecule has 0 bridgehead atoms. The van der Waals surface area contributed by atoms with Crippen LogP contribution in [-0.2, 0) is 11.3 Å². The van der Waals surface area contributed by atoms with Gasteiger partial charge >= 0.3 is 18.2 Å². The lowest BCUT2D eigenvalue weighted by atomic mass is 10.1. The Morgan fingerprint density at radius 1 is 1.08 bits per heavy atom. The van der Waals surface area contributed by atoms with E-state index >= 15 is 0 Å². The number of amides is 3. The molecule has 2 aromatic heterocycles. The molecule has 1 fully saturated rings. The van der Waals surface area contributed by atoms with E-state index in [0.29, 0.717) is 36.7 Å². The Morgan fingerprint density at radius 3 is 2.34 bits per heavy atom.